The maximum atomic E-state index is 5.71. The van der Waals surface area contributed by atoms with Gasteiger partial charge in [-0.15, -0.1) is 0 Å². The van der Waals surface area contributed by atoms with Gasteiger partial charge in [0.05, 0.1) is 17.6 Å². The molecule has 0 atom stereocenters. The van der Waals surface area contributed by atoms with Gasteiger partial charge in [0, 0.05) is 13.1 Å². The van der Waals surface area contributed by atoms with Crippen LogP contribution in [0.2, 0.25) is 0 Å². The van der Waals surface area contributed by atoms with Gasteiger partial charge in [-0.2, -0.15) is 0 Å². The summed E-state index contributed by atoms with van der Waals surface area (Å²) in [5.41, 5.74) is 7.26. The molecular formula is C11H18N4. The smallest absolute Gasteiger partial charge is 0.225 e. The van der Waals surface area contributed by atoms with Crippen LogP contribution >= 0.6 is 0 Å². The van der Waals surface area contributed by atoms with Crippen molar-refractivity contribution in [2.24, 2.45) is 0 Å². The van der Waals surface area contributed by atoms with E-state index in [1.54, 1.807) is 6.20 Å². The van der Waals surface area contributed by atoms with E-state index in [2.05, 4.69) is 14.9 Å². The fraction of sp³-hybridized carbons (Fsp3) is 0.636. The Morgan fingerprint density at radius 2 is 1.87 bits per heavy atom. The third-order valence-corrected chi connectivity index (χ3v) is 2.89. The van der Waals surface area contributed by atoms with Crippen LogP contribution in [0.1, 0.15) is 31.4 Å². The highest BCUT2D eigenvalue weighted by atomic mass is 15.2. The molecule has 4 nitrogen and oxygen atoms in total. The molecule has 0 bridgehead atoms. The minimum atomic E-state index is 0.675. The van der Waals surface area contributed by atoms with Gasteiger partial charge in [0.2, 0.25) is 5.95 Å². The lowest BCUT2D eigenvalue weighted by Crippen LogP contribution is -2.26. The first-order valence-corrected chi connectivity index (χ1v) is 5.61. The molecule has 1 saturated heterocycles. The largest absolute Gasteiger partial charge is 0.396 e. The molecule has 4 heteroatoms. The van der Waals surface area contributed by atoms with Gasteiger partial charge in [-0.1, -0.05) is 12.8 Å². The number of nitrogens with two attached hydrogens (primary N) is 1. The number of rotatable bonds is 1. The fourth-order valence-corrected chi connectivity index (χ4v) is 1.89. The average Bonchev–Trinajstić information content (AvgIpc) is 2.50. The number of aryl methyl sites for hydroxylation is 1. The fourth-order valence-electron chi connectivity index (χ4n) is 1.89. The van der Waals surface area contributed by atoms with Crippen LogP contribution in [0.25, 0.3) is 0 Å². The molecule has 2 N–H and O–H groups in total. The van der Waals surface area contributed by atoms with Gasteiger partial charge in [0.15, 0.2) is 0 Å². The summed E-state index contributed by atoms with van der Waals surface area (Å²) < 4.78 is 0. The van der Waals surface area contributed by atoms with Crippen molar-refractivity contribution in [1.29, 1.82) is 0 Å². The van der Waals surface area contributed by atoms with Crippen molar-refractivity contribution in [2.45, 2.75) is 32.6 Å². The standard InChI is InChI=1S/C11H18N4/c1-9-10(12)8-13-11(14-9)15-6-4-2-3-5-7-15/h8H,2-7,12H2,1H3. The normalized spacial score (nSPS) is 17.5. The van der Waals surface area contributed by atoms with E-state index in [1.807, 2.05) is 6.92 Å². The van der Waals surface area contributed by atoms with E-state index in [-0.39, 0.29) is 0 Å². The number of nitrogen functional groups attached to an aromatic ring is 1. The summed E-state index contributed by atoms with van der Waals surface area (Å²) in [4.78, 5) is 11.0. The summed E-state index contributed by atoms with van der Waals surface area (Å²) in [6.07, 6.45) is 6.84. The summed E-state index contributed by atoms with van der Waals surface area (Å²) >= 11 is 0. The molecule has 1 aliphatic heterocycles. The quantitative estimate of drug-likeness (QED) is 0.760. The Morgan fingerprint density at radius 1 is 1.20 bits per heavy atom. The monoisotopic (exact) mass is 206 g/mol. The molecule has 2 rings (SSSR count). The first-order valence-electron chi connectivity index (χ1n) is 5.61. The maximum absolute atomic E-state index is 5.71. The first-order chi connectivity index (χ1) is 7.27. The molecule has 2 heterocycles. The number of hydrogen-bond acceptors (Lipinski definition) is 4. The summed E-state index contributed by atoms with van der Waals surface area (Å²) in [7, 11) is 0. The first kappa shape index (κ1) is 10.2. The van der Waals surface area contributed by atoms with Crippen molar-refractivity contribution in [2.75, 3.05) is 23.7 Å². The Bertz CT molecular complexity index is 329. The Kier molecular flexibility index (Phi) is 3.04. The van der Waals surface area contributed by atoms with E-state index in [0.717, 1.165) is 24.7 Å². The summed E-state index contributed by atoms with van der Waals surface area (Å²) in [6.45, 7) is 4.07. The van der Waals surface area contributed by atoms with Crippen LogP contribution in [-0.4, -0.2) is 23.1 Å². The molecule has 0 radical (unpaired) electrons. The minimum absolute atomic E-state index is 0.675. The van der Waals surface area contributed by atoms with Crippen LogP contribution in [0.5, 0.6) is 0 Å². The summed E-state index contributed by atoms with van der Waals surface area (Å²) in [5, 5.41) is 0. The van der Waals surface area contributed by atoms with E-state index < -0.39 is 0 Å². The van der Waals surface area contributed by atoms with Gasteiger partial charge in [0.25, 0.3) is 0 Å². The predicted octanol–water partition coefficient (Wildman–Crippen LogP) is 1.75. The lowest BCUT2D eigenvalue weighted by molar-refractivity contribution is 0.726. The molecule has 0 unspecified atom stereocenters. The van der Waals surface area contributed by atoms with Gasteiger partial charge < -0.3 is 10.6 Å². The van der Waals surface area contributed by atoms with Gasteiger partial charge in [-0.3, -0.25) is 0 Å². The van der Waals surface area contributed by atoms with E-state index >= 15 is 0 Å². The van der Waals surface area contributed by atoms with Crippen molar-refractivity contribution < 1.29 is 0 Å². The molecule has 0 aromatic carbocycles. The second-order valence-electron chi connectivity index (χ2n) is 4.11. The summed E-state index contributed by atoms with van der Waals surface area (Å²) in [5.74, 6) is 0.837. The average molecular weight is 206 g/mol. The highest BCUT2D eigenvalue weighted by Crippen LogP contribution is 2.17. The summed E-state index contributed by atoms with van der Waals surface area (Å²) in [6, 6.07) is 0. The third-order valence-electron chi connectivity index (χ3n) is 2.89. The number of hydrogen-bond donors (Lipinski definition) is 1. The molecule has 15 heavy (non-hydrogen) atoms. The number of aromatic nitrogens is 2. The highest BCUT2D eigenvalue weighted by molar-refractivity contribution is 5.44. The molecule has 1 aromatic heterocycles. The van der Waals surface area contributed by atoms with Crippen molar-refractivity contribution in [1.82, 2.24) is 9.97 Å². The van der Waals surface area contributed by atoms with E-state index in [9.17, 15) is 0 Å². The SMILES string of the molecule is Cc1nc(N2CCCCCC2)ncc1N. The Hall–Kier alpha value is -1.32. The van der Waals surface area contributed by atoms with Gasteiger partial charge >= 0.3 is 0 Å². The second kappa shape index (κ2) is 4.47. The van der Waals surface area contributed by atoms with Crippen molar-refractivity contribution >= 4 is 11.6 Å². The van der Waals surface area contributed by atoms with E-state index in [4.69, 9.17) is 5.73 Å². The minimum Gasteiger partial charge on any atom is -0.396 e. The van der Waals surface area contributed by atoms with Gasteiger partial charge in [-0.05, 0) is 19.8 Å². The van der Waals surface area contributed by atoms with Crippen LogP contribution in [0.4, 0.5) is 11.6 Å². The number of nitrogens with zero attached hydrogens (tertiary/aromatic N) is 3. The molecule has 0 amide bonds. The maximum Gasteiger partial charge on any atom is 0.225 e. The Morgan fingerprint density at radius 3 is 2.47 bits per heavy atom. The zero-order chi connectivity index (χ0) is 10.7. The van der Waals surface area contributed by atoms with Crippen LogP contribution in [0.15, 0.2) is 6.20 Å². The zero-order valence-corrected chi connectivity index (χ0v) is 9.24. The molecule has 1 aromatic rings. The lowest BCUT2D eigenvalue weighted by Gasteiger charge is -2.20. The van der Waals surface area contributed by atoms with Crippen molar-refractivity contribution in [3.8, 4) is 0 Å². The molecule has 0 saturated carbocycles. The second-order valence-corrected chi connectivity index (χ2v) is 4.11. The van der Waals surface area contributed by atoms with Gasteiger partial charge in [-0.25, -0.2) is 9.97 Å². The molecule has 0 aliphatic carbocycles. The molecule has 1 fully saturated rings. The Balaban J connectivity index is 2.16. The van der Waals surface area contributed by atoms with Crippen LogP contribution in [-0.2, 0) is 0 Å². The van der Waals surface area contributed by atoms with E-state index in [1.165, 1.54) is 25.7 Å². The number of anilines is 2. The van der Waals surface area contributed by atoms with Crippen molar-refractivity contribution in [3.63, 3.8) is 0 Å². The lowest BCUT2D eigenvalue weighted by atomic mass is 10.2. The van der Waals surface area contributed by atoms with Crippen molar-refractivity contribution in [3.05, 3.63) is 11.9 Å². The molecular weight excluding hydrogens is 188 g/mol. The van der Waals surface area contributed by atoms with Crippen LogP contribution in [0.3, 0.4) is 0 Å². The van der Waals surface area contributed by atoms with Crippen LogP contribution in [0, 0.1) is 6.92 Å². The highest BCUT2D eigenvalue weighted by Gasteiger charge is 2.12. The van der Waals surface area contributed by atoms with Gasteiger partial charge in [0.1, 0.15) is 0 Å². The molecule has 0 spiro atoms. The van der Waals surface area contributed by atoms with E-state index in [0.29, 0.717) is 5.69 Å². The van der Waals surface area contributed by atoms with Crippen LogP contribution < -0.4 is 10.6 Å². The third kappa shape index (κ3) is 2.37. The molecule has 82 valence electrons. The topological polar surface area (TPSA) is 55.0 Å². The Labute approximate surface area is 90.5 Å². The zero-order valence-electron chi connectivity index (χ0n) is 9.24. The molecule has 1 aliphatic rings. The predicted molar refractivity (Wildman–Crippen MR) is 61.9 cm³/mol.